The molecule has 2 aliphatic rings. The van der Waals surface area contributed by atoms with Crippen LogP contribution in [0.3, 0.4) is 0 Å². The van der Waals surface area contributed by atoms with Gasteiger partial charge in [0.2, 0.25) is 11.4 Å². The van der Waals surface area contributed by atoms with Crippen LogP contribution >= 0.6 is 15.9 Å². The van der Waals surface area contributed by atoms with E-state index in [2.05, 4.69) is 35.6 Å². The van der Waals surface area contributed by atoms with Gasteiger partial charge in [0.15, 0.2) is 0 Å². The van der Waals surface area contributed by atoms with Crippen LogP contribution in [0.5, 0.6) is 0 Å². The summed E-state index contributed by atoms with van der Waals surface area (Å²) in [5.74, 6) is 0.911. The van der Waals surface area contributed by atoms with Crippen molar-refractivity contribution in [2.45, 2.75) is 37.4 Å². The zero-order valence-corrected chi connectivity index (χ0v) is 15.7. The smallest absolute Gasteiger partial charge is 0.427 e. The van der Waals surface area contributed by atoms with Crippen LogP contribution in [0, 0.1) is 13.1 Å². The summed E-state index contributed by atoms with van der Waals surface area (Å²) < 4.78 is 0.844. The molecule has 2 aliphatic carbocycles. The molecule has 4 rings (SSSR count). The Morgan fingerprint density at radius 3 is 1.92 bits per heavy atom. The van der Waals surface area contributed by atoms with Crippen molar-refractivity contribution < 1.29 is 11.5 Å². The normalized spacial score (nSPS) is 14.5. The van der Waals surface area contributed by atoms with Gasteiger partial charge in [-0.15, -0.1) is 0 Å². The van der Waals surface area contributed by atoms with Crippen molar-refractivity contribution in [1.29, 1.82) is 0 Å². The summed E-state index contributed by atoms with van der Waals surface area (Å²) in [4.78, 5) is 14.3. The first-order chi connectivity index (χ1) is 12.5. The molecule has 2 aromatic rings. The molecule has 0 aromatic carbocycles. The Balaban J connectivity index is 0.000000207. The molecule has 0 saturated heterocycles. The average molecular weight is 416 g/mol. The van der Waals surface area contributed by atoms with Crippen LogP contribution in [-0.4, -0.2) is 27.1 Å². The van der Waals surface area contributed by atoms with Gasteiger partial charge in [0.05, 0.1) is 13.1 Å². The molecular formula is C18H20BBrN4O2. The van der Waals surface area contributed by atoms with Gasteiger partial charge in [0.25, 0.3) is 0 Å². The summed E-state index contributed by atoms with van der Waals surface area (Å²) in [6.07, 6.45) is 11.2. The second-order valence-electron chi connectivity index (χ2n) is 6.09. The lowest BCUT2D eigenvalue weighted by molar-refractivity contribution is 0.403. The van der Waals surface area contributed by atoms with E-state index in [1.165, 1.54) is 24.6 Å². The van der Waals surface area contributed by atoms with Crippen molar-refractivity contribution in [1.82, 2.24) is 9.97 Å². The molecule has 0 atom stereocenters. The van der Waals surface area contributed by atoms with Crippen molar-refractivity contribution >= 4 is 34.4 Å². The molecular weight excluding hydrogens is 395 g/mol. The summed E-state index contributed by atoms with van der Waals surface area (Å²) in [6, 6.07) is 3.66. The largest absolute Gasteiger partial charge is 0.454 e. The molecule has 134 valence electrons. The van der Waals surface area contributed by atoms with Crippen molar-refractivity contribution in [2.24, 2.45) is 0 Å². The Labute approximate surface area is 163 Å². The van der Waals surface area contributed by atoms with Crippen molar-refractivity contribution in [3.05, 3.63) is 69.8 Å². The predicted molar refractivity (Wildman–Crippen MR) is 106 cm³/mol. The second kappa shape index (κ2) is 10.0. The molecule has 2 saturated carbocycles. The third kappa shape index (κ3) is 7.32. The summed E-state index contributed by atoms with van der Waals surface area (Å²) in [7, 11) is -1.04. The van der Waals surface area contributed by atoms with E-state index in [0.717, 1.165) is 17.3 Å². The first-order valence-electron chi connectivity index (χ1n) is 8.20. The predicted octanol–water partition coefficient (Wildman–Crippen LogP) is 4.77. The Hall–Kier alpha value is -2.26. The molecule has 2 heterocycles. The zero-order chi connectivity index (χ0) is 18.9. The first kappa shape index (κ1) is 20.1. The first-order valence-corrected chi connectivity index (χ1v) is 8.99. The molecule has 0 unspecified atom stereocenters. The number of rotatable bonds is 2. The molecule has 8 heteroatoms. The van der Waals surface area contributed by atoms with E-state index in [1.54, 1.807) is 18.5 Å². The van der Waals surface area contributed by atoms with Crippen LogP contribution in [0.15, 0.2) is 41.4 Å². The Morgan fingerprint density at radius 2 is 1.54 bits per heavy atom. The average Bonchev–Trinajstić information content (AvgIpc) is 3.54. The van der Waals surface area contributed by atoms with Gasteiger partial charge in [0.1, 0.15) is 0 Å². The van der Waals surface area contributed by atoms with E-state index in [-0.39, 0.29) is 7.24 Å². The highest BCUT2D eigenvalue weighted by molar-refractivity contribution is 9.10. The topological polar surface area (TPSA) is 75.0 Å². The third-order valence-electron chi connectivity index (χ3n) is 3.79. The fourth-order valence-corrected chi connectivity index (χ4v) is 2.35. The molecule has 2 N–H and O–H groups in total. The molecule has 0 amide bonds. The molecule has 2 aromatic heterocycles. The second-order valence-corrected chi connectivity index (χ2v) is 7.00. The van der Waals surface area contributed by atoms with E-state index < -0.39 is 7.12 Å². The summed E-state index contributed by atoms with van der Waals surface area (Å²) in [6.45, 7) is 13.4. The SMILES string of the molecule is OB(O)C1CC1.[2HH].[C-]#[N+]c1cncc(Br)c1.[C-]#[N+]c1cncc(C2CC2)c1. The summed E-state index contributed by atoms with van der Waals surface area (Å²) in [5.41, 5.74) is 2.46. The lowest BCUT2D eigenvalue weighted by Gasteiger charge is -1.95. The minimum Gasteiger partial charge on any atom is -0.427 e. The van der Waals surface area contributed by atoms with Crippen molar-refractivity contribution in [2.75, 3.05) is 0 Å². The Bertz CT molecular complexity index is 817. The van der Waals surface area contributed by atoms with Crippen LogP contribution in [0.25, 0.3) is 9.69 Å². The van der Waals surface area contributed by atoms with Gasteiger partial charge in [-0.25, -0.2) is 9.69 Å². The zero-order valence-electron chi connectivity index (χ0n) is 14.1. The monoisotopic (exact) mass is 415 g/mol. The maximum Gasteiger partial charge on any atom is 0.454 e. The minimum atomic E-state index is -1.04. The molecule has 26 heavy (non-hydrogen) atoms. The van der Waals surface area contributed by atoms with Gasteiger partial charge in [0, 0.05) is 30.7 Å². The number of hydrogen-bond acceptors (Lipinski definition) is 4. The van der Waals surface area contributed by atoms with Crippen molar-refractivity contribution in [3.63, 3.8) is 0 Å². The molecule has 0 radical (unpaired) electrons. The quantitative estimate of drug-likeness (QED) is 0.546. The summed E-state index contributed by atoms with van der Waals surface area (Å²) in [5, 5.41) is 16.5. The van der Waals surface area contributed by atoms with E-state index in [4.69, 9.17) is 23.2 Å². The van der Waals surface area contributed by atoms with Crippen LogP contribution < -0.4 is 0 Å². The van der Waals surface area contributed by atoms with E-state index in [9.17, 15) is 0 Å². The lowest BCUT2D eigenvalue weighted by atomic mass is 9.84. The van der Waals surface area contributed by atoms with Gasteiger partial charge in [-0.05, 0) is 42.3 Å². The molecule has 0 aliphatic heterocycles. The van der Waals surface area contributed by atoms with Crippen molar-refractivity contribution in [3.8, 4) is 0 Å². The van der Waals surface area contributed by atoms with Gasteiger partial charge >= 0.3 is 7.12 Å². The highest BCUT2D eigenvalue weighted by Gasteiger charge is 2.33. The molecule has 0 bridgehead atoms. The highest BCUT2D eigenvalue weighted by atomic mass is 79.9. The number of hydrogen-bond donors (Lipinski definition) is 2. The standard InChI is InChI=1S/C9H8N2.C6H3BrN2.C3H7BO2.H2/c1-10-9-4-8(5-11-6-9)7-2-3-7;1-8-6-2-5(7)3-9-4-6;5-4(6)3-1-2-3;/h4-7H,2-3H2;2-4H;3,5-6H,1-2H2;1H/i;;;1+1. The number of nitrogens with zero attached hydrogens (tertiary/aromatic N) is 4. The number of pyridine rings is 2. The lowest BCUT2D eigenvalue weighted by Crippen LogP contribution is -2.09. The van der Waals surface area contributed by atoms with Crippen LogP contribution in [0.1, 0.15) is 38.6 Å². The maximum absolute atomic E-state index is 8.25. The fraction of sp³-hybridized carbons (Fsp3) is 0.333. The molecule has 2 fully saturated rings. The highest BCUT2D eigenvalue weighted by Crippen LogP contribution is 2.40. The van der Waals surface area contributed by atoms with Crippen LogP contribution in [-0.2, 0) is 0 Å². The Kier molecular flexibility index (Phi) is 7.74. The molecule has 0 spiro atoms. The third-order valence-corrected chi connectivity index (χ3v) is 4.22. The van der Waals surface area contributed by atoms with Gasteiger partial charge < -0.3 is 10.0 Å². The van der Waals surface area contributed by atoms with E-state index >= 15 is 0 Å². The van der Waals surface area contributed by atoms with Crippen LogP contribution in [0.2, 0.25) is 5.82 Å². The molecule has 6 nitrogen and oxygen atoms in total. The summed E-state index contributed by atoms with van der Waals surface area (Å²) >= 11 is 3.20. The number of halogens is 1. The van der Waals surface area contributed by atoms with Gasteiger partial charge in [-0.3, -0.25) is 9.97 Å². The van der Waals surface area contributed by atoms with Crippen LogP contribution in [0.4, 0.5) is 11.4 Å². The van der Waals surface area contributed by atoms with E-state index in [1.807, 2.05) is 12.3 Å². The fourth-order valence-electron chi connectivity index (χ4n) is 2.00. The Morgan fingerprint density at radius 1 is 0.962 bits per heavy atom. The number of aromatic nitrogens is 2. The maximum atomic E-state index is 8.25. The van der Waals surface area contributed by atoms with Gasteiger partial charge in [-0.2, -0.15) is 0 Å². The minimum absolute atomic E-state index is 0. The van der Waals surface area contributed by atoms with E-state index in [0.29, 0.717) is 17.3 Å². The van der Waals surface area contributed by atoms with Gasteiger partial charge in [-0.1, -0.05) is 28.8 Å².